The van der Waals surface area contributed by atoms with E-state index >= 15 is 0 Å². The Hall–Kier alpha value is -2.29. The predicted octanol–water partition coefficient (Wildman–Crippen LogP) is 3.09. The van der Waals surface area contributed by atoms with E-state index in [2.05, 4.69) is 29.7 Å². The summed E-state index contributed by atoms with van der Waals surface area (Å²) >= 11 is 0. The topological polar surface area (TPSA) is 41.1 Å². The maximum absolute atomic E-state index is 11.7. The van der Waals surface area contributed by atoms with Crippen LogP contribution in [0.5, 0.6) is 0 Å². The van der Waals surface area contributed by atoms with E-state index in [0.29, 0.717) is 0 Å². The first kappa shape index (κ1) is 11.8. The number of urea groups is 1. The smallest absolute Gasteiger partial charge is 0.315 e. The minimum absolute atomic E-state index is 0.0175. The molecule has 1 saturated heterocycles. The first-order valence-corrected chi connectivity index (χ1v) is 6.43. The highest BCUT2D eigenvalue weighted by molar-refractivity contribution is 5.78. The lowest BCUT2D eigenvalue weighted by atomic mass is 9.92. The maximum atomic E-state index is 11.7. The molecule has 19 heavy (non-hydrogen) atoms. The lowest BCUT2D eigenvalue weighted by Crippen LogP contribution is -2.22. The standard InChI is InChI=1S/C16H16N2O/c1-11-7-5-6-10-13(11)15-14(17-16(19)18-15)12-8-3-2-4-9-12/h2-10,14-15H,1H3,(H2,17,18,19)/t14-,15-/m0/s1. The van der Waals surface area contributed by atoms with Gasteiger partial charge in [-0.1, -0.05) is 54.6 Å². The van der Waals surface area contributed by atoms with E-state index in [1.807, 2.05) is 42.5 Å². The zero-order valence-corrected chi connectivity index (χ0v) is 10.8. The van der Waals surface area contributed by atoms with Crippen molar-refractivity contribution in [1.29, 1.82) is 0 Å². The first-order valence-electron chi connectivity index (χ1n) is 6.43. The van der Waals surface area contributed by atoms with Gasteiger partial charge in [0.05, 0.1) is 12.1 Å². The van der Waals surface area contributed by atoms with Gasteiger partial charge in [-0.15, -0.1) is 0 Å². The lowest BCUT2D eigenvalue weighted by molar-refractivity contribution is 0.247. The SMILES string of the molecule is Cc1ccccc1[C@@H]1NC(=O)N[C@H]1c1ccccc1. The normalized spacial score (nSPS) is 21.8. The van der Waals surface area contributed by atoms with Crippen molar-refractivity contribution < 1.29 is 4.79 Å². The number of carbonyl (C=O) groups excluding carboxylic acids is 1. The van der Waals surface area contributed by atoms with Gasteiger partial charge in [0, 0.05) is 0 Å². The number of hydrogen-bond donors (Lipinski definition) is 2. The summed E-state index contributed by atoms with van der Waals surface area (Å²) in [7, 11) is 0. The summed E-state index contributed by atoms with van der Waals surface area (Å²) in [6.45, 7) is 2.07. The van der Waals surface area contributed by atoms with Crippen LogP contribution >= 0.6 is 0 Å². The van der Waals surface area contributed by atoms with Crippen LogP contribution in [0.1, 0.15) is 28.8 Å². The quantitative estimate of drug-likeness (QED) is 0.847. The van der Waals surface area contributed by atoms with Crippen molar-refractivity contribution in [3.05, 3.63) is 71.3 Å². The fourth-order valence-electron chi connectivity index (χ4n) is 2.62. The van der Waals surface area contributed by atoms with Crippen molar-refractivity contribution in [2.24, 2.45) is 0 Å². The van der Waals surface area contributed by atoms with E-state index in [1.165, 1.54) is 5.56 Å². The van der Waals surface area contributed by atoms with E-state index in [-0.39, 0.29) is 18.1 Å². The van der Waals surface area contributed by atoms with Gasteiger partial charge in [0.1, 0.15) is 0 Å². The minimum atomic E-state index is -0.109. The van der Waals surface area contributed by atoms with Crippen LogP contribution in [0, 0.1) is 6.92 Å². The Morgan fingerprint density at radius 2 is 1.47 bits per heavy atom. The second-order valence-corrected chi connectivity index (χ2v) is 4.84. The summed E-state index contributed by atoms with van der Waals surface area (Å²) in [4.78, 5) is 11.7. The van der Waals surface area contributed by atoms with E-state index in [0.717, 1.165) is 11.1 Å². The molecule has 0 aromatic heterocycles. The molecule has 2 amide bonds. The molecule has 0 spiro atoms. The average Bonchev–Trinajstić information content (AvgIpc) is 2.82. The molecule has 1 fully saturated rings. The van der Waals surface area contributed by atoms with Crippen LogP contribution in [0.4, 0.5) is 4.79 Å². The molecule has 1 heterocycles. The molecule has 3 heteroatoms. The van der Waals surface area contributed by atoms with E-state index < -0.39 is 0 Å². The number of benzene rings is 2. The zero-order valence-electron chi connectivity index (χ0n) is 10.8. The third kappa shape index (κ3) is 2.19. The molecule has 0 saturated carbocycles. The van der Waals surface area contributed by atoms with Crippen molar-refractivity contribution in [2.45, 2.75) is 19.0 Å². The molecular weight excluding hydrogens is 236 g/mol. The molecular formula is C16H16N2O. The second-order valence-electron chi connectivity index (χ2n) is 4.84. The number of hydrogen-bond acceptors (Lipinski definition) is 1. The number of rotatable bonds is 2. The van der Waals surface area contributed by atoms with Crippen molar-refractivity contribution in [3.63, 3.8) is 0 Å². The molecule has 0 unspecified atom stereocenters. The van der Waals surface area contributed by atoms with E-state index in [1.54, 1.807) is 0 Å². The molecule has 0 aliphatic carbocycles. The highest BCUT2D eigenvalue weighted by Gasteiger charge is 2.34. The lowest BCUT2D eigenvalue weighted by Gasteiger charge is -2.20. The number of amides is 2. The van der Waals surface area contributed by atoms with Crippen molar-refractivity contribution in [2.75, 3.05) is 0 Å². The highest BCUT2D eigenvalue weighted by Crippen LogP contribution is 2.33. The Balaban J connectivity index is 2.00. The fraction of sp³-hybridized carbons (Fsp3) is 0.188. The van der Waals surface area contributed by atoms with Crippen LogP contribution < -0.4 is 10.6 Å². The molecule has 2 N–H and O–H groups in total. The van der Waals surface area contributed by atoms with Crippen LogP contribution in [-0.2, 0) is 0 Å². The van der Waals surface area contributed by atoms with E-state index in [4.69, 9.17) is 0 Å². The van der Waals surface area contributed by atoms with Gasteiger partial charge in [0.25, 0.3) is 0 Å². The summed E-state index contributed by atoms with van der Waals surface area (Å²) in [5, 5.41) is 6.01. The minimum Gasteiger partial charge on any atom is -0.329 e. The van der Waals surface area contributed by atoms with Gasteiger partial charge in [0.2, 0.25) is 0 Å². The van der Waals surface area contributed by atoms with Crippen LogP contribution in [0.3, 0.4) is 0 Å². The molecule has 0 bridgehead atoms. The maximum Gasteiger partial charge on any atom is 0.315 e. The molecule has 0 radical (unpaired) electrons. The molecule has 2 aromatic carbocycles. The first-order chi connectivity index (χ1) is 9.25. The van der Waals surface area contributed by atoms with Gasteiger partial charge >= 0.3 is 6.03 Å². The van der Waals surface area contributed by atoms with Gasteiger partial charge in [-0.3, -0.25) is 0 Å². The molecule has 96 valence electrons. The Morgan fingerprint density at radius 3 is 2.21 bits per heavy atom. The summed E-state index contributed by atoms with van der Waals surface area (Å²) in [6, 6.07) is 18.1. The second kappa shape index (κ2) is 4.76. The molecule has 2 atom stereocenters. The van der Waals surface area contributed by atoms with Gasteiger partial charge in [-0.25, -0.2) is 4.79 Å². The summed E-state index contributed by atoms with van der Waals surface area (Å²) in [6.07, 6.45) is 0. The van der Waals surface area contributed by atoms with Crippen molar-refractivity contribution in [3.8, 4) is 0 Å². The summed E-state index contributed by atoms with van der Waals surface area (Å²) < 4.78 is 0. The Kier molecular flexibility index (Phi) is 2.95. The van der Waals surface area contributed by atoms with Gasteiger partial charge in [0.15, 0.2) is 0 Å². The molecule has 3 rings (SSSR count). The average molecular weight is 252 g/mol. The predicted molar refractivity (Wildman–Crippen MR) is 74.8 cm³/mol. The van der Waals surface area contributed by atoms with Gasteiger partial charge in [-0.05, 0) is 23.6 Å². The molecule has 1 aliphatic heterocycles. The van der Waals surface area contributed by atoms with E-state index in [9.17, 15) is 4.79 Å². The molecule has 2 aromatic rings. The number of carbonyl (C=O) groups is 1. The van der Waals surface area contributed by atoms with Crippen LogP contribution in [0.2, 0.25) is 0 Å². The highest BCUT2D eigenvalue weighted by atomic mass is 16.2. The molecule has 1 aliphatic rings. The Labute approximate surface area is 112 Å². The Bertz CT molecular complexity index is 595. The largest absolute Gasteiger partial charge is 0.329 e. The van der Waals surface area contributed by atoms with Crippen LogP contribution in [-0.4, -0.2) is 6.03 Å². The number of nitrogens with one attached hydrogen (secondary N) is 2. The van der Waals surface area contributed by atoms with Crippen LogP contribution in [0.15, 0.2) is 54.6 Å². The van der Waals surface area contributed by atoms with Crippen molar-refractivity contribution >= 4 is 6.03 Å². The summed E-state index contributed by atoms with van der Waals surface area (Å²) in [5.41, 5.74) is 3.47. The Morgan fingerprint density at radius 1 is 0.842 bits per heavy atom. The summed E-state index contributed by atoms with van der Waals surface area (Å²) in [5.74, 6) is 0. The fourth-order valence-corrected chi connectivity index (χ4v) is 2.62. The van der Waals surface area contributed by atoms with Gasteiger partial charge < -0.3 is 10.6 Å². The monoisotopic (exact) mass is 252 g/mol. The third-order valence-electron chi connectivity index (χ3n) is 3.59. The van der Waals surface area contributed by atoms with Crippen molar-refractivity contribution in [1.82, 2.24) is 10.6 Å². The third-order valence-corrected chi connectivity index (χ3v) is 3.59. The van der Waals surface area contributed by atoms with Crippen LogP contribution in [0.25, 0.3) is 0 Å². The number of aryl methyl sites for hydroxylation is 1. The molecule has 3 nitrogen and oxygen atoms in total. The zero-order chi connectivity index (χ0) is 13.2. The van der Waals surface area contributed by atoms with Gasteiger partial charge in [-0.2, -0.15) is 0 Å².